The molecule has 0 radical (unpaired) electrons. The molecule has 0 heterocycles. The van der Waals surface area contributed by atoms with Gasteiger partial charge in [-0.15, -0.1) is 8.58 Å². The van der Waals surface area contributed by atoms with Crippen molar-refractivity contribution >= 4 is 8.58 Å². The van der Waals surface area contributed by atoms with Gasteiger partial charge in [-0.25, -0.2) is 0 Å². The first-order valence-corrected chi connectivity index (χ1v) is 7.91. The molecule has 0 spiro atoms. The van der Waals surface area contributed by atoms with Gasteiger partial charge in [0, 0.05) is 0 Å². The average molecular weight is 258 g/mol. The Morgan fingerprint density at radius 3 is 0.941 bits per heavy atom. The lowest BCUT2D eigenvalue weighted by atomic mass is 9.85. The molecule has 0 saturated heterocycles. The first-order valence-electron chi connectivity index (χ1n) is 6.91. The third kappa shape index (κ3) is 10.1. The normalized spacial score (nSPS) is 15.2. The molecule has 0 bridgehead atoms. The second-order valence-electron chi connectivity index (χ2n) is 9.37. The molecule has 0 unspecified atom stereocenters. The zero-order valence-electron chi connectivity index (χ0n) is 13.9. The fraction of sp³-hybridized carbons (Fsp3) is 1.00. The van der Waals surface area contributed by atoms with Gasteiger partial charge < -0.3 is 0 Å². The van der Waals surface area contributed by atoms with Crippen molar-refractivity contribution in [3.05, 3.63) is 0 Å². The van der Waals surface area contributed by atoms with Gasteiger partial charge in [0.25, 0.3) is 0 Å². The Labute approximate surface area is 112 Å². The van der Waals surface area contributed by atoms with E-state index in [9.17, 15) is 0 Å². The Kier molecular flexibility index (Phi) is 5.33. The molecule has 0 aromatic carbocycles. The maximum absolute atomic E-state index is 2.45. The van der Waals surface area contributed by atoms with Crippen LogP contribution in [0.3, 0.4) is 0 Å². The van der Waals surface area contributed by atoms with E-state index in [1.165, 1.54) is 12.8 Å². The molecule has 0 aliphatic carbocycles. The van der Waals surface area contributed by atoms with Gasteiger partial charge in [0.1, 0.15) is 0 Å². The third-order valence-electron chi connectivity index (χ3n) is 2.62. The first kappa shape index (κ1) is 17.4. The molecule has 0 aliphatic rings. The molecular weight excluding hydrogens is 223 g/mol. The number of rotatable bonds is 4. The Morgan fingerprint density at radius 2 is 0.765 bits per heavy atom. The van der Waals surface area contributed by atoms with Gasteiger partial charge in [-0.2, -0.15) is 0 Å². The van der Waals surface area contributed by atoms with E-state index in [-0.39, 0.29) is 0 Å². The molecule has 0 rings (SSSR count). The molecule has 104 valence electrons. The Bertz CT molecular complexity index is 209. The van der Waals surface area contributed by atoms with Crippen LogP contribution in [0.2, 0.25) is 0 Å². The van der Waals surface area contributed by atoms with E-state index in [4.69, 9.17) is 0 Å². The van der Waals surface area contributed by atoms with Gasteiger partial charge in [0.15, 0.2) is 0 Å². The Balaban J connectivity index is 4.59. The van der Waals surface area contributed by atoms with E-state index < -0.39 is 0 Å². The number of hydrogen-bond donors (Lipinski definition) is 0. The zero-order valence-corrected chi connectivity index (χ0v) is 14.9. The summed E-state index contributed by atoms with van der Waals surface area (Å²) in [6, 6.07) is 0. The van der Waals surface area contributed by atoms with E-state index in [1.807, 2.05) is 0 Å². The van der Waals surface area contributed by atoms with Crippen LogP contribution >= 0.6 is 8.58 Å². The molecule has 17 heavy (non-hydrogen) atoms. The summed E-state index contributed by atoms with van der Waals surface area (Å²) in [5.74, 6) is 0. The van der Waals surface area contributed by atoms with E-state index in [0.717, 1.165) is 8.58 Å². The van der Waals surface area contributed by atoms with Crippen molar-refractivity contribution in [2.75, 3.05) is 0 Å². The summed E-state index contributed by atoms with van der Waals surface area (Å²) in [6.07, 6.45) is 2.62. The van der Waals surface area contributed by atoms with Crippen molar-refractivity contribution in [3.8, 4) is 0 Å². The van der Waals surface area contributed by atoms with E-state index in [0.29, 0.717) is 21.1 Å². The molecule has 0 nitrogen and oxygen atoms in total. The monoisotopic (exact) mass is 258 g/mol. The zero-order chi connectivity index (χ0) is 14.1. The van der Waals surface area contributed by atoms with E-state index in [1.54, 1.807) is 0 Å². The molecule has 0 aromatic heterocycles. The van der Waals surface area contributed by atoms with Gasteiger partial charge in [-0.05, 0) is 34.0 Å². The van der Waals surface area contributed by atoms with Crippen molar-refractivity contribution in [3.63, 3.8) is 0 Å². The van der Waals surface area contributed by atoms with Crippen LogP contribution in [-0.2, 0) is 0 Å². The van der Waals surface area contributed by atoms with Crippen molar-refractivity contribution in [2.45, 2.75) is 92.4 Å². The third-order valence-corrected chi connectivity index (χ3v) is 4.33. The largest absolute Gasteiger partial charge is 0.110 e. The minimum Gasteiger partial charge on any atom is -0.110 e. The van der Waals surface area contributed by atoms with E-state index >= 15 is 0 Å². The molecule has 0 aromatic rings. The highest BCUT2D eigenvalue weighted by atomic mass is 31.1. The predicted octanol–water partition coefficient (Wildman–Crippen LogP) is 6.09. The van der Waals surface area contributed by atoms with Crippen LogP contribution in [0.1, 0.15) is 82.1 Å². The maximum Gasteiger partial charge on any atom is -0.0169 e. The lowest BCUT2D eigenvalue weighted by Gasteiger charge is -2.41. The average Bonchev–Trinajstić information content (AvgIpc) is 1.65. The molecule has 0 aliphatic heterocycles. The summed E-state index contributed by atoms with van der Waals surface area (Å²) in [5, 5.41) is 0.931. The highest BCUT2D eigenvalue weighted by Gasteiger charge is 2.34. The highest BCUT2D eigenvalue weighted by molar-refractivity contribution is 7.41. The van der Waals surface area contributed by atoms with Gasteiger partial charge in [-0.3, -0.25) is 0 Å². The fourth-order valence-electron chi connectivity index (χ4n) is 3.66. The van der Waals surface area contributed by atoms with Gasteiger partial charge in [0.2, 0.25) is 0 Å². The maximum atomic E-state index is 2.45. The fourth-order valence-corrected chi connectivity index (χ4v) is 6.73. The quantitative estimate of drug-likeness (QED) is 0.535. The van der Waals surface area contributed by atoms with E-state index in [2.05, 4.69) is 69.2 Å². The molecule has 1 heteroatoms. The van der Waals surface area contributed by atoms with Crippen LogP contribution in [0.4, 0.5) is 0 Å². The number of hydrogen-bond acceptors (Lipinski definition) is 0. The van der Waals surface area contributed by atoms with Crippen LogP contribution in [0, 0.1) is 10.8 Å². The predicted molar refractivity (Wildman–Crippen MR) is 84.6 cm³/mol. The van der Waals surface area contributed by atoms with Crippen LogP contribution in [0.25, 0.3) is 0 Å². The Morgan fingerprint density at radius 1 is 0.529 bits per heavy atom. The summed E-state index contributed by atoms with van der Waals surface area (Å²) >= 11 is 0. The van der Waals surface area contributed by atoms with Crippen molar-refractivity contribution in [2.24, 2.45) is 10.8 Å². The van der Waals surface area contributed by atoms with Crippen molar-refractivity contribution in [1.82, 2.24) is 0 Å². The van der Waals surface area contributed by atoms with Gasteiger partial charge in [0.05, 0.1) is 0 Å². The van der Waals surface area contributed by atoms with Crippen molar-refractivity contribution < 1.29 is 0 Å². The lowest BCUT2D eigenvalue weighted by molar-refractivity contribution is 0.320. The van der Waals surface area contributed by atoms with Gasteiger partial charge in [-0.1, -0.05) is 69.2 Å². The van der Waals surface area contributed by atoms with Crippen LogP contribution in [0.5, 0.6) is 0 Å². The standard InChI is InChI=1S/C16H35P/c1-13(2,3)11-15(7,8)17-16(9,10)12-14(4,5)6/h17H,11-12H2,1-10H3. The SMILES string of the molecule is CC(C)(C)CC(C)(C)PC(C)(C)CC(C)(C)C. The molecular formula is C16H35P. The summed E-state index contributed by atoms with van der Waals surface area (Å²) in [4.78, 5) is 0. The van der Waals surface area contributed by atoms with Crippen LogP contribution in [-0.4, -0.2) is 10.3 Å². The Hall–Kier alpha value is 0.430. The highest BCUT2D eigenvalue weighted by Crippen LogP contribution is 2.51. The van der Waals surface area contributed by atoms with Crippen LogP contribution < -0.4 is 0 Å². The van der Waals surface area contributed by atoms with Gasteiger partial charge >= 0.3 is 0 Å². The molecule has 0 atom stereocenters. The summed E-state index contributed by atoms with van der Waals surface area (Å²) in [5.41, 5.74) is 0.878. The first-order chi connectivity index (χ1) is 7.12. The topological polar surface area (TPSA) is 0 Å². The molecule has 0 saturated carbocycles. The smallest absolute Gasteiger partial charge is 0.0169 e. The second kappa shape index (κ2) is 5.20. The van der Waals surface area contributed by atoms with Crippen LogP contribution in [0.15, 0.2) is 0 Å². The minimum atomic E-state index is 0.439. The minimum absolute atomic E-state index is 0.439. The summed E-state index contributed by atoms with van der Waals surface area (Å²) in [6.45, 7) is 23.9. The van der Waals surface area contributed by atoms with Crippen molar-refractivity contribution in [1.29, 1.82) is 0 Å². The molecule has 0 fully saturated rings. The second-order valence-corrected chi connectivity index (χ2v) is 12.3. The summed E-state index contributed by atoms with van der Waals surface area (Å²) < 4.78 is 0. The molecule has 0 amide bonds. The summed E-state index contributed by atoms with van der Waals surface area (Å²) in [7, 11) is 1.03. The lowest BCUT2D eigenvalue weighted by Crippen LogP contribution is -2.30. The molecule has 0 N–H and O–H groups in total.